The molecule has 1 amide bonds. The summed E-state index contributed by atoms with van der Waals surface area (Å²) < 4.78 is 31.3. The van der Waals surface area contributed by atoms with E-state index in [1.54, 1.807) is 61.5 Å². The van der Waals surface area contributed by atoms with Crippen LogP contribution in [0.3, 0.4) is 0 Å². The molecule has 6 nitrogen and oxygen atoms in total. The predicted octanol–water partition coefficient (Wildman–Crippen LogP) is 3.08. The minimum absolute atomic E-state index is 0.218. The molecule has 0 unspecified atom stereocenters. The third-order valence-corrected chi connectivity index (χ3v) is 5.33. The topological polar surface area (TPSA) is 75.7 Å². The second-order valence-corrected chi connectivity index (χ2v) is 8.15. The average Bonchev–Trinajstić information content (AvgIpc) is 2.64. The Balaban J connectivity index is 2.02. The molecule has 1 atom stereocenters. The third-order valence-electron chi connectivity index (χ3n) is 3.84. The lowest BCUT2D eigenvalue weighted by atomic mass is 10.2. The highest BCUT2D eigenvalue weighted by Crippen LogP contribution is 2.23. The van der Waals surface area contributed by atoms with E-state index in [2.05, 4.69) is 5.32 Å². The molecule has 0 saturated heterocycles. The molecule has 8 heteroatoms. The minimum atomic E-state index is -3.63. The maximum Gasteiger partial charge on any atom is 0.244 e. The van der Waals surface area contributed by atoms with Crippen molar-refractivity contribution in [1.29, 1.82) is 0 Å². The summed E-state index contributed by atoms with van der Waals surface area (Å²) in [5, 5.41) is 3.22. The Morgan fingerprint density at radius 1 is 1.15 bits per heavy atom. The molecule has 27 heavy (non-hydrogen) atoms. The fourth-order valence-electron chi connectivity index (χ4n) is 2.65. The standard InChI is InChI=1S/C19H23ClN2O4S/c1-3-17(22(27(2,24)25)15-9-5-4-6-10-15)19(23)21-13-14-26-18-12-8-7-11-16(18)20/h4-12,17H,3,13-14H2,1-2H3,(H,21,23)/t17-/m0/s1. The number of carbonyl (C=O) groups excluding carboxylic acids is 1. The van der Waals surface area contributed by atoms with Crippen LogP contribution < -0.4 is 14.4 Å². The average molecular weight is 411 g/mol. The highest BCUT2D eigenvalue weighted by molar-refractivity contribution is 7.92. The number of carbonyl (C=O) groups is 1. The number of anilines is 1. The van der Waals surface area contributed by atoms with E-state index in [-0.39, 0.29) is 19.1 Å². The van der Waals surface area contributed by atoms with Gasteiger partial charge in [-0.2, -0.15) is 0 Å². The van der Waals surface area contributed by atoms with E-state index in [0.29, 0.717) is 22.9 Å². The van der Waals surface area contributed by atoms with Crippen molar-refractivity contribution in [3.8, 4) is 5.75 Å². The van der Waals surface area contributed by atoms with Crippen molar-refractivity contribution in [3.05, 3.63) is 59.6 Å². The summed E-state index contributed by atoms with van der Waals surface area (Å²) in [5.41, 5.74) is 0.453. The zero-order valence-electron chi connectivity index (χ0n) is 15.3. The van der Waals surface area contributed by atoms with Crippen molar-refractivity contribution in [2.75, 3.05) is 23.7 Å². The first-order valence-corrected chi connectivity index (χ1v) is 10.8. The number of amides is 1. The largest absolute Gasteiger partial charge is 0.490 e. The zero-order valence-corrected chi connectivity index (χ0v) is 16.8. The lowest BCUT2D eigenvalue weighted by Crippen LogP contribution is -2.49. The van der Waals surface area contributed by atoms with Gasteiger partial charge < -0.3 is 10.1 Å². The van der Waals surface area contributed by atoms with Gasteiger partial charge in [-0.25, -0.2) is 8.42 Å². The first-order valence-electron chi connectivity index (χ1n) is 8.54. The van der Waals surface area contributed by atoms with Crippen LogP contribution in [0.5, 0.6) is 5.75 Å². The molecule has 0 aliphatic carbocycles. The van der Waals surface area contributed by atoms with E-state index >= 15 is 0 Å². The Morgan fingerprint density at radius 2 is 1.78 bits per heavy atom. The molecule has 0 spiro atoms. The molecule has 0 aromatic heterocycles. The highest BCUT2D eigenvalue weighted by atomic mass is 35.5. The molecule has 0 radical (unpaired) electrons. The van der Waals surface area contributed by atoms with Crippen LogP contribution in [-0.4, -0.2) is 39.8 Å². The fraction of sp³-hybridized carbons (Fsp3) is 0.316. The number of sulfonamides is 1. The van der Waals surface area contributed by atoms with Crippen molar-refractivity contribution in [2.24, 2.45) is 0 Å². The SMILES string of the molecule is CC[C@@H](C(=O)NCCOc1ccccc1Cl)N(c1ccccc1)S(C)(=O)=O. The second-order valence-electron chi connectivity index (χ2n) is 5.89. The molecule has 0 fully saturated rings. The van der Waals surface area contributed by atoms with Crippen molar-refractivity contribution < 1.29 is 17.9 Å². The first-order chi connectivity index (χ1) is 12.8. The molecule has 2 rings (SSSR count). The van der Waals surface area contributed by atoms with Crippen molar-refractivity contribution in [2.45, 2.75) is 19.4 Å². The van der Waals surface area contributed by atoms with E-state index in [0.717, 1.165) is 10.6 Å². The summed E-state index contributed by atoms with van der Waals surface area (Å²) in [5.74, 6) is 0.150. The van der Waals surface area contributed by atoms with E-state index < -0.39 is 16.1 Å². The van der Waals surface area contributed by atoms with Crippen LogP contribution in [0.2, 0.25) is 5.02 Å². The number of halogens is 1. The molecule has 1 N–H and O–H groups in total. The van der Waals surface area contributed by atoms with Gasteiger partial charge >= 0.3 is 0 Å². The molecule has 2 aromatic rings. The minimum Gasteiger partial charge on any atom is -0.490 e. The van der Waals surface area contributed by atoms with E-state index in [9.17, 15) is 13.2 Å². The smallest absolute Gasteiger partial charge is 0.244 e. The predicted molar refractivity (Wildman–Crippen MR) is 108 cm³/mol. The van der Waals surface area contributed by atoms with Crippen LogP contribution in [0.25, 0.3) is 0 Å². The van der Waals surface area contributed by atoms with Crippen LogP contribution in [0.4, 0.5) is 5.69 Å². The molecule has 0 bridgehead atoms. The summed E-state index contributed by atoms with van der Waals surface area (Å²) in [7, 11) is -3.63. The van der Waals surface area contributed by atoms with E-state index in [1.807, 2.05) is 0 Å². The Morgan fingerprint density at radius 3 is 2.37 bits per heavy atom. The molecular formula is C19H23ClN2O4S. The van der Waals surface area contributed by atoms with Crippen molar-refractivity contribution >= 4 is 33.2 Å². The summed E-state index contributed by atoms with van der Waals surface area (Å²) >= 11 is 6.01. The van der Waals surface area contributed by atoms with Gasteiger partial charge in [0, 0.05) is 0 Å². The number of hydrogen-bond donors (Lipinski definition) is 1. The van der Waals surface area contributed by atoms with Gasteiger partial charge in [-0.1, -0.05) is 48.9 Å². The van der Waals surface area contributed by atoms with Crippen LogP contribution in [0, 0.1) is 0 Å². The number of hydrogen-bond acceptors (Lipinski definition) is 4. The lowest BCUT2D eigenvalue weighted by Gasteiger charge is -2.30. The van der Waals surface area contributed by atoms with Crippen molar-refractivity contribution in [3.63, 3.8) is 0 Å². The lowest BCUT2D eigenvalue weighted by molar-refractivity contribution is -0.122. The molecule has 0 aliphatic rings. The first kappa shape index (κ1) is 21.1. The van der Waals surface area contributed by atoms with Crippen molar-refractivity contribution in [1.82, 2.24) is 5.32 Å². The Hall–Kier alpha value is -2.25. The van der Waals surface area contributed by atoms with Crippen LogP contribution in [0.15, 0.2) is 54.6 Å². The van der Waals surface area contributed by atoms with Gasteiger partial charge in [0.25, 0.3) is 0 Å². The Kier molecular flexibility index (Phi) is 7.50. The number of nitrogens with one attached hydrogen (secondary N) is 1. The molecule has 146 valence electrons. The number of benzene rings is 2. The summed E-state index contributed by atoms with van der Waals surface area (Å²) in [6.45, 7) is 2.22. The van der Waals surface area contributed by atoms with Crippen LogP contribution in [0.1, 0.15) is 13.3 Å². The number of para-hydroxylation sites is 2. The van der Waals surface area contributed by atoms with Gasteiger partial charge in [0.2, 0.25) is 15.9 Å². The fourth-order valence-corrected chi connectivity index (χ4v) is 4.05. The van der Waals surface area contributed by atoms with Gasteiger partial charge in [-0.3, -0.25) is 9.10 Å². The maximum absolute atomic E-state index is 12.6. The summed E-state index contributed by atoms with van der Waals surface area (Å²) in [6.07, 6.45) is 1.43. The molecular weight excluding hydrogens is 388 g/mol. The van der Waals surface area contributed by atoms with Gasteiger partial charge in [-0.05, 0) is 30.7 Å². The quantitative estimate of drug-likeness (QED) is 0.644. The Bertz CT molecular complexity index is 859. The molecule has 0 saturated carbocycles. The highest BCUT2D eigenvalue weighted by Gasteiger charge is 2.31. The summed E-state index contributed by atoms with van der Waals surface area (Å²) in [6, 6.07) is 14.8. The van der Waals surface area contributed by atoms with Crippen LogP contribution >= 0.6 is 11.6 Å². The van der Waals surface area contributed by atoms with Gasteiger partial charge in [0.05, 0.1) is 23.5 Å². The van der Waals surface area contributed by atoms with Crippen LogP contribution in [-0.2, 0) is 14.8 Å². The third kappa shape index (κ3) is 5.87. The molecule has 2 aromatic carbocycles. The number of nitrogens with zero attached hydrogens (tertiary/aromatic N) is 1. The van der Waals surface area contributed by atoms with E-state index in [1.165, 1.54) is 0 Å². The number of rotatable bonds is 9. The van der Waals surface area contributed by atoms with Gasteiger partial charge in [-0.15, -0.1) is 0 Å². The second kappa shape index (κ2) is 9.62. The monoisotopic (exact) mass is 410 g/mol. The molecule has 0 aliphatic heterocycles. The Labute approximate surface area is 165 Å². The molecule has 0 heterocycles. The normalized spacial score (nSPS) is 12.3. The van der Waals surface area contributed by atoms with Gasteiger partial charge in [0.1, 0.15) is 18.4 Å². The number of ether oxygens (including phenoxy) is 1. The van der Waals surface area contributed by atoms with E-state index in [4.69, 9.17) is 16.3 Å². The summed E-state index contributed by atoms with van der Waals surface area (Å²) in [4.78, 5) is 12.6. The van der Waals surface area contributed by atoms with Gasteiger partial charge in [0.15, 0.2) is 0 Å². The maximum atomic E-state index is 12.6. The zero-order chi connectivity index (χ0) is 19.9.